The summed E-state index contributed by atoms with van der Waals surface area (Å²) in [4.78, 5) is 37.9. The highest BCUT2D eigenvalue weighted by molar-refractivity contribution is 5.84. The van der Waals surface area contributed by atoms with Crippen molar-refractivity contribution in [1.29, 1.82) is 0 Å². The number of rotatable bonds is 7. The van der Waals surface area contributed by atoms with E-state index in [1.54, 1.807) is 0 Å². The Bertz CT molecular complexity index is 1020. The molecule has 1 unspecified atom stereocenters. The largest absolute Gasteiger partial charge is 0.480 e. The molecule has 2 aromatic rings. The molecule has 1 saturated heterocycles. The van der Waals surface area contributed by atoms with E-state index in [-0.39, 0.29) is 24.9 Å². The molecule has 2 amide bonds. The second-order valence-electron chi connectivity index (χ2n) is 9.42. The fourth-order valence-corrected chi connectivity index (χ4v) is 4.86. The first-order valence-corrected chi connectivity index (χ1v) is 11.4. The monoisotopic (exact) mass is 450 g/mol. The summed E-state index contributed by atoms with van der Waals surface area (Å²) in [5.41, 5.74) is 3.96. The van der Waals surface area contributed by atoms with Crippen LogP contribution >= 0.6 is 0 Å². The van der Waals surface area contributed by atoms with Gasteiger partial charge in [0.05, 0.1) is 0 Å². The van der Waals surface area contributed by atoms with Gasteiger partial charge in [0.2, 0.25) is 5.91 Å². The number of nitrogens with zero attached hydrogens (tertiary/aromatic N) is 1. The molecular weight excluding hydrogens is 420 g/mol. The topological polar surface area (TPSA) is 95.9 Å². The number of carboxylic acids is 1. The third-order valence-electron chi connectivity index (χ3n) is 6.61. The predicted molar refractivity (Wildman–Crippen MR) is 124 cm³/mol. The van der Waals surface area contributed by atoms with Crippen molar-refractivity contribution in [3.63, 3.8) is 0 Å². The van der Waals surface area contributed by atoms with Crippen molar-refractivity contribution in [3.8, 4) is 11.1 Å². The number of hydrogen-bond acceptors (Lipinski definition) is 4. The van der Waals surface area contributed by atoms with E-state index >= 15 is 0 Å². The predicted octanol–water partition coefficient (Wildman–Crippen LogP) is 4.16. The van der Waals surface area contributed by atoms with Crippen LogP contribution in [0.3, 0.4) is 0 Å². The average molecular weight is 451 g/mol. The van der Waals surface area contributed by atoms with Crippen LogP contribution in [0.5, 0.6) is 0 Å². The molecule has 0 saturated carbocycles. The van der Waals surface area contributed by atoms with Crippen molar-refractivity contribution in [3.05, 3.63) is 59.7 Å². The maximum Gasteiger partial charge on any atom is 0.407 e. The van der Waals surface area contributed by atoms with Crippen molar-refractivity contribution in [2.45, 2.75) is 57.0 Å². The first-order valence-electron chi connectivity index (χ1n) is 11.4. The fourth-order valence-electron chi connectivity index (χ4n) is 4.86. The molecular formula is C26H30N2O5. The van der Waals surface area contributed by atoms with Gasteiger partial charge in [-0.2, -0.15) is 0 Å². The maximum absolute atomic E-state index is 12.6. The highest BCUT2D eigenvalue weighted by Gasteiger charge is 2.35. The van der Waals surface area contributed by atoms with Gasteiger partial charge in [-0.3, -0.25) is 4.79 Å². The minimum atomic E-state index is -0.961. The molecule has 7 nitrogen and oxygen atoms in total. The van der Waals surface area contributed by atoms with Crippen molar-refractivity contribution in [2.24, 2.45) is 0 Å². The standard InChI is InChI=1S/C26H30N2O5/c1-26(2,14-13-23(29)28-15-7-12-22(28)24(30)31)27-25(32)33-16-21-19-10-5-3-8-17(19)18-9-4-6-11-20(18)21/h3-6,8-11,21-22H,7,12-16H2,1-2H3,(H,27,32)(H,30,31). The molecule has 0 aromatic heterocycles. The van der Waals surface area contributed by atoms with Crippen LogP contribution < -0.4 is 5.32 Å². The van der Waals surface area contributed by atoms with Crippen LogP contribution in [0.15, 0.2) is 48.5 Å². The number of likely N-dealkylation sites (tertiary alicyclic amines) is 1. The summed E-state index contributed by atoms with van der Waals surface area (Å²) in [7, 11) is 0. The van der Waals surface area contributed by atoms with Crippen molar-refractivity contribution in [1.82, 2.24) is 10.2 Å². The van der Waals surface area contributed by atoms with Gasteiger partial charge in [0.1, 0.15) is 12.6 Å². The number of ether oxygens (including phenoxy) is 1. The Hall–Kier alpha value is -3.35. The van der Waals surface area contributed by atoms with Crippen LogP contribution in [0.4, 0.5) is 4.79 Å². The molecule has 1 aliphatic carbocycles. The Morgan fingerprint density at radius 3 is 2.27 bits per heavy atom. The summed E-state index contributed by atoms with van der Waals surface area (Å²) in [6, 6.07) is 15.6. The molecule has 174 valence electrons. The van der Waals surface area contributed by atoms with Gasteiger partial charge in [-0.25, -0.2) is 9.59 Å². The lowest BCUT2D eigenvalue weighted by atomic mass is 9.97. The Balaban J connectivity index is 1.31. The molecule has 4 rings (SSSR count). The molecule has 2 aromatic carbocycles. The van der Waals surface area contributed by atoms with Crippen LogP contribution in [-0.4, -0.2) is 52.7 Å². The summed E-state index contributed by atoms with van der Waals surface area (Å²) in [5.74, 6) is -1.17. The summed E-state index contributed by atoms with van der Waals surface area (Å²) in [5, 5.41) is 12.1. The summed E-state index contributed by atoms with van der Waals surface area (Å²) < 4.78 is 5.61. The van der Waals surface area contributed by atoms with Crippen molar-refractivity contribution < 1.29 is 24.2 Å². The highest BCUT2D eigenvalue weighted by atomic mass is 16.5. The van der Waals surface area contributed by atoms with Crippen molar-refractivity contribution in [2.75, 3.05) is 13.2 Å². The normalized spacial score (nSPS) is 17.4. The van der Waals surface area contributed by atoms with Gasteiger partial charge in [-0.05, 0) is 55.4 Å². The molecule has 1 atom stereocenters. The van der Waals surface area contributed by atoms with Gasteiger partial charge in [-0.15, -0.1) is 0 Å². The zero-order valence-corrected chi connectivity index (χ0v) is 19.0. The summed E-state index contributed by atoms with van der Waals surface area (Å²) in [6.45, 7) is 4.36. The third-order valence-corrected chi connectivity index (χ3v) is 6.61. The van der Waals surface area contributed by atoms with Crippen LogP contribution in [0.25, 0.3) is 11.1 Å². The Kier molecular flexibility index (Phi) is 6.40. The molecule has 0 spiro atoms. The first kappa shape index (κ1) is 22.8. The van der Waals surface area contributed by atoms with Crippen LogP contribution in [-0.2, 0) is 14.3 Å². The van der Waals surface area contributed by atoms with Gasteiger partial charge < -0.3 is 20.1 Å². The quantitative estimate of drug-likeness (QED) is 0.660. The fraction of sp³-hybridized carbons (Fsp3) is 0.423. The number of amides is 2. The van der Waals surface area contributed by atoms with Gasteiger partial charge in [0.15, 0.2) is 0 Å². The molecule has 2 aliphatic rings. The number of hydrogen-bond donors (Lipinski definition) is 2. The maximum atomic E-state index is 12.6. The molecule has 7 heteroatoms. The number of alkyl carbamates (subject to hydrolysis) is 1. The van der Waals surface area contributed by atoms with Gasteiger partial charge in [-0.1, -0.05) is 48.5 Å². The van der Waals surface area contributed by atoms with Gasteiger partial charge >= 0.3 is 12.1 Å². The third kappa shape index (κ3) is 4.87. The highest BCUT2D eigenvalue weighted by Crippen LogP contribution is 2.44. The number of carboxylic acid groups (broad SMARTS) is 1. The van der Waals surface area contributed by atoms with E-state index in [1.807, 2.05) is 38.1 Å². The lowest BCUT2D eigenvalue weighted by molar-refractivity contribution is -0.148. The number of benzene rings is 2. The zero-order valence-electron chi connectivity index (χ0n) is 19.0. The molecule has 1 fully saturated rings. The van der Waals surface area contributed by atoms with Crippen molar-refractivity contribution >= 4 is 18.0 Å². The molecule has 2 N–H and O–H groups in total. The van der Waals surface area contributed by atoms with E-state index in [2.05, 4.69) is 29.6 Å². The second kappa shape index (κ2) is 9.25. The zero-order chi connectivity index (χ0) is 23.6. The molecule has 0 bridgehead atoms. The Morgan fingerprint density at radius 2 is 1.67 bits per heavy atom. The van der Waals surface area contributed by atoms with Crippen LogP contribution in [0, 0.1) is 0 Å². The lowest BCUT2D eigenvalue weighted by Gasteiger charge is -2.28. The minimum Gasteiger partial charge on any atom is -0.480 e. The van der Waals surface area contributed by atoms with Crippen LogP contribution in [0.2, 0.25) is 0 Å². The van der Waals surface area contributed by atoms with Gasteiger partial charge in [0, 0.05) is 24.4 Å². The van der Waals surface area contributed by atoms with E-state index in [0.29, 0.717) is 25.8 Å². The van der Waals surface area contributed by atoms with E-state index in [0.717, 1.165) is 11.1 Å². The number of carbonyl (C=O) groups is 3. The molecule has 0 radical (unpaired) electrons. The smallest absolute Gasteiger partial charge is 0.407 e. The SMILES string of the molecule is CC(C)(CCC(=O)N1CCCC1C(=O)O)NC(=O)OCC1c2ccccc2-c2ccccc21. The summed E-state index contributed by atoms with van der Waals surface area (Å²) in [6.07, 6.45) is 1.21. The van der Waals surface area contributed by atoms with Crippen LogP contribution in [0.1, 0.15) is 56.6 Å². The lowest BCUT2D eigenvalue weighted by Crippen LogP contribution is -2.46. The molecule has 1 aliphatic heterocycles. The Labute approximate surface area is 193 Å². The van der Waals surface area contributed by atoms with E-state index < -0.39 is 23.6 Å². The first-order chi connectivity index (χ1) is 15.8. The minimum absolute atomic E-state index is 0.0176. The molecule has 1 heterocycles. The second-order valence-corrected chi connectivity index (χ2v) is 9.42. The van der Waals surface area contributed by atoms with E-state index in [4.69, 9.17) is 4.74 Å². The molecule has 33 heavy (non-hydrogen) atoms. The number of carbonyl (C=O) groups excluding carboxylic acids is 2. The Morgan fingerprint density at radius 1 is 1.06 bits per heavy atom. The summed E-state index contributed by atoms with van der Waals surface area (Å²) >= 11 is 0. The number of aliphatic carboxylic acids is 1. The van der Waals surface area contributed by atoms with Gasteiger partial charge in [0.25, 0.3) is 0 Å². The van der Waals surface area contributed by atoms with E-state index in [1.165, 1.54) is 16.0 Å². The number of nitrogens with one attached hydrogen (secondary N) is 1. The van der Waals surface area contributed by atoms with E-state index in [9.17, 15) is 19.5 Å². The average Bonchev–Trinajstić information content (AvgIpc) is 3.39. The number of fused-ring (bicyclic) bond motifs is 3.